The van der Waals surface area contributed by atoms with Crippen molar-refractivity contribution < 1.29 is 22.4 Å². The number of halogens is 4. The topological polar surface area (TPSA) is 32.3 Å². The van der Waals surface area contributed by atoms with Crippen molar-refractivity contribution >= 4 is 5.91 Å². The average Bonchev–Trinajstić information content (AvgIpc) is 2.33. The number of alkyl halides is 3. The normalized spacial score (nSPS) is 13.1. The zero-order valence-corrected chi connectivity index (χ0v) is 11.2. The van der Waals surface area contributed by atoms with Gasteiger partial charge in [0.2, 0.25) is 5.91 Å². The first kappa shape index (κ1) is 16.4. The smallest absolute Gasteiger partial charge is 0.348 e. The molecule has 0 unspecified atom stereocenters. The fourth-order valence-corrected chi connectivity index (χ4v) is 1.60. The van der Waals surface area contributed by atoms with Crippen LogP contribution < -0.4 is 5.32 Å². The largest absolute Gasteiger partial charge is 0.390 e. The third kappa shape index (κ3) is 5.56. The van der Waals surface area contributed by atoms with E-state index in [-0.39, 0.29) is 18.0 Å². The lowest BCUT2D eigenvalue weighted by atomic mass is 10.0. The van der Waals surface area contributed by atoms with E-state index in [0.717, 1.165) is 12.1 Å². The highest BCUT2D eigenvalue weighted by Gasteiger charge is 2.32. The van der Waals surface area contributed by atoms with Gasteiger partial charge >= 0.3 is 6.18 Å². The highest BCUT2D eigenvalue weighted by Crippen LogP contribution is 2.29. The summed E-state index contributed by atoms with van der Waals surface area (Å²) >= 11 is 0. The zero-order chi connectivity index (χ0) is 15.3. The first-order valence-electron chi connectivity index (χ1n) is 5.95. The molecule has 0 aliphatic heterocycles. The molecule has 3 nitrogen and oxygen atoms in total. The minimum absolute atomic E-state index is 0.217. The van der Waals surface area contributed by atoms with Gasteiger partial charge < -0.3 is 10.2 Å². The number of likely N-dealkylation sites (N-methyl/N-ethyl adjacent to an activating group) is 1. The lowest BCUT2D eigenvalue weighted by Gasteiger charge is -2.21. The number of nitrogens with one attached hydrogen (secondary N) is 1. The van der Waals surface area contributed by atoms with E-state index in [1.54, 1.807) is 0 Å². The minimum Gasteiger partial charge on any atom is -0.348 e. The van der Waals surface area contributed by atoms with Gasteiger partial charge in [0.1, 0.15) is 5.82 Å². The number of hydrogen-bond acceptors (Lipinski definition) is 2. The van der Waals surface area contributed by atoms with Crippen LogP contribution in [0.2, 0.25) is 0 Å². The Balaban J connectivity index is 2.80. The van der Waals surface area contributed by atoms with E-state index in [1.807, 2.05) is 0 Å². The van der Waals surface area contributed by atoms with Crippen molar-refractivity contribution in [2.75, 3.05) is 20.6 Å². The van der Waals surface area contributed by atoms with Crippen LogP contribution in [0.25, 0.3) is 0 Å². The summed E-state index contributed by atoms with van der Waals surface area (Å²) in [6, 6.07) is 3.65. The quantitative estimate of drug-likeness (QED) is 0.846. The number of rotatable bonds is 5. The molecule has 112 valence electrons. The van der Waals surface area contributed by atoms with Crippen molar-refractivity contribution in [3.8, 4) is 0 Å². The molecule has 0 aliphatic rings. The molecule has 1 aromatic rings. The lowest BCUT2D eigenvalue weighted by Crippen LogP contribution is -2.36. The molecule has 1 N–H and O–H groups in total. The van der Waals surface area contributed by atoms with E-state index in [4.69, 9.17) is 0 Å². The van der Waals surface area contributed by atoms with Crippen LogP contribution in [-0.4, -0.2) is 37.6 Å². The Morgan fingerprint density at radius 2 is 1.80 bits per heavy atom. The Labute approximate surface area is 114 Å². The summed E-state index contributed by atoms with van der Waals surface area (Å²) < 4.78 is 50.4. The Morgan fingerprint density at radius 1 is 1.25 bits per heavy atom. The maximum absolute atomic E-state index is 12.8. The summed E-state index contributed by atoms with van der Waals surface area (Å²) in [5, 5.41) is 2.56. The van der Waals surface area contributed by atoms with E-state index in [9.17, 15) is 22.4 Å². The molecule has 0 fully saturated rings. The average molecular weight is 292 g/mol. The predicted molar refractivity (Wildman–Crippen MR) is 66.5 cm³/mol. The van der Waals surface area contributed by atoms with Crippen LogP contribution in [0.4, 0.5) is 17.6 Å². The second-order valence-electron chi connectivity index (χ2n) is 4.59. The molecule has 1 atom stereocenters. The van der Waals surface area contributed by atoms with Gasteiger partial charge in [-0.1, -0.05) is 12.1 Å². The molecule has 0 saturated heterocycles. The summed E-state index contributed by atoms with van der Waals surface area (Å²) in [7, 11) is 3.03. The van der Waals surface area contributed by atoms with Crippen LogP contribution in [0.1, 0.15) is 18.0 Å². The summed E-state index contributed by atoms with van der Waals surface area (Å²) in [5.74, 6) is -0.858. The van der Waals surface area contributed by atoms with Gasteiger partial charge in [-0.3, -0.25) is 4.79 Å². The highest BCUT2D eigenvalue weighted by atomic mass is 19.4. The number of carbonyl (C=O) groups excluding carboxylic acids is 1. The van der Waals surface area contributed by atoms with Crippen LogP contribution in [0.5, 0.6) is 0 Å². The molecule has 7 heteroatoms. The van der Waals surface area contributed by atoms with Gasteiger partial charge in [0, 0.05) is 20.1 Å². The molecule has 1 amide bonds. The first-order valence-corrected chi connectivity index (χ1v) is 5.95. The first-order chi connectivity index (χ1) is 9.19. The summed E-state index contributed by atoms with van der Waals surface area (Å²) in [6.07, 6.45) is -5.51. The molecule has 0 aliphatic carbocycles. The van der Waals surface area contributed by atoms with E-state index in [1.165, 1.54) is 31.1 Å². The van der Waals surface area contributed by atoms with Gasteiger partial charge in [0.25, 0.3) is 0 Å². The molecule has 0 radical (unpaired) electrons. The Morgan fingerprint density at radius 3 is 2.25 bits per heavy atom. The van der Waals surface area contributed by atoms with E-state index in [2.05, 4.69) is 5.32 Å². The van der Waals surface area contributed by atoms with Crippen LogP contribution in [0, 0.1) is 5.82 Å². The fourth-order valence-electron chi connectivity index (χ4n) is 1.60. The number of nitrogens with zero attached hydrogens (tertiary/aromatic N) is 1. The maximum atomic E-state index is 12.8. The molecule has 0 heterocycles. The number of amides is 1. The van der Waals surface area contributed by atoms with Crippen molar-refractivity contribution in [1.29, 1.82) is 0 Å². The zero-order valence-electron chi connectivity index (χ0n) is 11.2. The molecule has 0 bridgehead atoms. The molecule has 0 aromatic heterocycles. The molecular weight excluding hydrogens is 276 g/mol. The predicted octanol–water partition coefficient (Wildman–Crippen LogP) is 2.50. The van der Waals surface area contributed by atoms with Crippen molar-refractivity contribution in [2.45, 2.75) is 18.6 Å². The number of benzene rings is 1. The Hall–Kier alpha value is -1.63. The third-order valence-electron chi connectivity index (χ3n) is 2.71. The number of hydrogen-bond donors (Lipinski definition) is 1. The molecule has 0 saturated carbocycles. The van der Waals surface area contributed by atoms with Crippen molar-refractivity contribution in [3.05, 3.63) is 35.6 Å². The van der Waals surface area contributed by atoms with Crippen LogP contribution in [-0.2, 0) is 4.79 Å². The lowest BCUT2D eigenvalue weighted by molar-refractivity contribution is -0.142. The second-order valence-corrected chi connectivity index (χ2v) is 4.59. The molecule has 1 rings (SSSR count). The van der Waals surface area contributed by atoms with Crippen LogP contribution >= 0.6 is 0 Å². The van der Waals surface area contributed by atoms with Gasteiger partial charge in [-0.05, 0) is 17.7 Å². The minimum atomic E-state index is -4.38. The van der Waals surface area contributed by atoms with Crippen LogP contribution in [0.15, 0.2) is 24.3 Å². The Bertz CT molecular complexity index is 443. The van der Waals surface area contributed by atoms with Crippen LogP contribution in [0.3, 0.4) is 0 Å². The van der Waals surface area contributed by atoms with E-state index in [0.29, 0.717) is 0 Å². The monoisotopic (exact) mass is 292 g/mol. The third-order valence-corrected chi connectivity index (χ3v) is 2.71. The van der Waals surface area contributed by atoms with Gasteiger partial charge in [-0.2, -0.15) is 13.2 Å². The highest BCUT2D eigenvalue weighted by molar-refractivity contribution is 5.77. The van der Waals surface area contributed by atoms with Gasteiger partial charge in [-0.25, -0.2) is 4.39 Å². The van der Waals surface area contributed by atoms with Gasteiger partial charge in [-0.15, -0.1) is 0 Å². The number of carbonyl (C=O) groups is 1. The Kier molecular flexibility index (Phi) is 5.50. The summed E-state index contributed by atoms with van der Waals surface area (Å²) in [4.78, 5) is 12.7. The van der Waals surface area contributed by atoms with E-state index >= 15 is 0 Å². The molecule has 20 heavy (non-hydrogen) atoms. The standard InChI is InChI=1S/C13H16F4N2O/c1-19(2)12(20)8-18-11(7-13(15,16)17)9-3-5-10(14)6-4-9/h3-6,11,18H,7-8H2,1-2H3/t11-/m1/s1. The van der Waals surface area contributed by atoms with Gasteiger partial charge in [0.05, 0.1) is 13.0 Å². The van der Waals surface area contributed by atoms with Crippen molar-refractivity contribution in [3.63, 3.8) is 0 Å². The molecule has 1 aromatic carbocycles. The van der Waals surface area contributed by atoms with Crippen molar-refractivity contribution in [1.82, 2.24) is 10.2 Å². The van der Waals surface area contributed by atoms with E-state index < -0.39 is 24.5 Å². The second kappa shape index (κ2) is 6.69. The fraction of sp³-hybridized carbons (Fsp3) is 0.462. The van der Waals surface area contributed by atoms with Crippen molar-refractivity contribution in [2.24, 2.45) is 0 Å². The maximum Gasteiger partial charge on any atom is 0.390 e. The summed E-state index contributed by atoms with van der Waals surface area (Å²) in [6.45, 7) is -0.217. The molecular formula is C13H16F4N2O. The molecule has 0 spiro atoms. The SMILES string of the molecule is CN(C)C(=O)CN[C@H](CC(F)(F)F)c1ccc(F)cc1. The van der Waals surface area contributed by atoms with Gasteiger partial charge in [0.15, 0.2) is 0 Å². The summed E-state index contributed by atoms with van der Waals surface area (Å²) in [5.41, 5.74) is 0.287.